The summed E-state index contributed by atoms with van der Waals surface area (Å²) in [5, 5.41) is 9.32. The standard InChI is InChI=1S/C28H34O3/c1-25(2)14-15-26(3,4)22-16-20(10-11-21(22)25)27-13-12-23(31-5)28(27,17-27)19-8-6-18(7-9-19)24(29)30/h6-11,16,23H,12-15,17H2,1-5H3,(H,29,30). The Hall–Kier alpha value is -2.13. The average molecular weight is 419 g/mol. The molecule has 3 atom stereocenters. The predicted molar refractivity (Wildman–Crippen MR) is 123 cm³/mol. The second-order valence-electron chi connectivity index (χ2n) is 11.4. The first-order chi connectivity index (χ1) is 14.6. The Morgan fingerprint density at radius 1 is 0.903 bits per heavy atom. The molecular formula is C28H34O3. The van der Waals surface area contributed by atoms with E-state index in [1.165, 1.54) is 35.1 Å². The van der Waals surface area contributed by atoms with Crippen molar-refractivity contribution in [3.8, 4) is 0 Å². The lowest BCUT2D eigenvalue weighted by molar-refractivity contribution is 0.0696. The van der Waals surface area contributed by atoms with E-state index in [0.717, 1.165) is 19.3 Å². The second-order valence-corrected chi connectivity index (χ2v) is 11.4. The number of ether oxygens (including phenoxy) is 1. The van der Waals surface area contributed by atoms with E-state index in [1.807, 2.05) is 19.2 Å². The van der Waals surface area contributed by atoms with Gasteiger partial charge in [-0.15, -0.1) is 0 Å². The van der Waals surface area contributed by atoms with Gasteiger partial charge in [0.05, 0.1) is 11.7 Å². The fourth-order valence-electron chi connectivity index (χ4n) is 6.97. The number of hydrogen-bond acceptors (Lipinski definition) is 2. The molecule has 3 unspecified atom stereocenters. The molecule has 2 fully saturated rings. The van der Waals surface area contributed by atoms with E-state index in [2.05, 4.69) is 45.9 Å². The minimum absolute atomic E-state index is 0.0542. The summed E-state index contributed by atoms with van der Waals surface area (Å²) >= 11 is 0. The van der Waals surface area contributed by atoms with Gasteiger partial charge in [0.2, 0.25) is 0 Å². The number of aromatic carboxylic acids is 1. The largest absolute Gasteiger partial charge is 0.478 e. The number of benzene rings is 2. The Morgan fingerprint density at radius 2 is 1.52 bits per heavy atom. The van der Waals surface area contributed by atoms with Gasteiger partial charge in [-0.05, 0) is 77.3 Å². The van der Waals surface area contributed by atoms with Gasteiger partial charge in [0.1, 0.15) is 0 Å². The van der Waals surface area contributed by atoms with E-state index < -0.39 is 5.97 Å². The molecule has 2 aromatic carbocycles. The van der Waals surface area contributed by atoms with Gasteiger partial charge in [0, 0.05) is 17.9 Å². The molecule has 0 aliphatic heterocycles. The first-order valence-electron chi connectivity index (χ1n) is 11.6. The Bertz CT molecular complexity index is 1050. The maximum absolute atomic E-state index is 11.4. The Labute approximate surface area is 185 Å². The molecule has 3 aliphatic carbocycles. The van der Waals surface area contributed by atoms with Crippen LogP contribution in [0.4, 0.5) is 0 Å². The molecule has 0 bridgehead atoms. The van der Waals surface area contributed by atoms with E-state index in [0.29, 0.717) is 5.56 Å². The lowest BCUT2D eigenvalue weighted by Gasteiger charge is -2.42. The number of carbonyl (C=O) groups is 1. The number of carboxylic acid groups (broad SMARTS) is 1. The van der Waals surface area contributed by atoms with E-state index in [9.17, 15) is 9.90 Å². The quantitative estimate of drug-likeness (QED) is 0.650. The highest BCUT2D eigenvalue weighted by atomic mass is 16.5. The summed E-state index contributed by atoms with van der Waals surface area (Å²) in [7, 11) is 1.82. The van der Waals surface area contributed by atoms with Gasteiger partial charge in [-0.1, -0.05) is 58.0 Å². The zero-order valence-electron chi connectivity index (χ0n) is 19.4. The summed E-state index contributed by atoms with van der Waals surface area (Å²) in [5.41, 5.74) is 6.47. The van der Waals surface area contributed by atoms with Crippen LogP contribution in [0.1, 0.15) is 92.4 Å². The highest BCUT2D eigenvalue weighted by molar-refractivity contribution is 5.87. The van der Waals surface area contributed by atoms with Crippen LogP contribution in [0.5, 0.6) is 0 Å². The summed E-state index contributed by atoms with van der Waals surface area (Å²) in [6.45, 7) is 9.53. The summed E-state index contributed by atoms with van der Waals surface area (Å²) in [4.78, 5) is 11.4. The van der Waals surface area contributed by atoms with Crippen molar-refractivity contribution in [3.05, 3.63) is 70.3 Å². The van der Waals surface area contributed by atoms with Crippen LogP contribution in [0.15, 0.2) is 42.5 Å². The van der Waals surface area contributed by atoms with E-state index in [-0.39, 0.29) is 27.8 Å². The molecule has 0 aromatic heterocycles. The Kier molecular flexibility index (Phi) is 4.32. The van der Waals surface area contributed by atoms with Crippen molar-refractivity contribution in [1.29, 1.82) is 0 Å². The van der Waals surface area contributed by atoms with Crippen LogP contribution in [0.2, 0.25) is 0 Å². The van der Waals surface area contributed by atoms with Gasteiger partial charge in [-0.2, -0.15) is 0 Å². The minimum atomic E-state index is -0.875. The molecule has 5 rings (SSSR count). The highest BCUT2D eigenvalue weighted by Crippen LogP contribution is 2.75. The van der Waals surface area contributed by atoms with Crippen molar-refractivity contribution in [2.75, 3.05) is 7.11 Å². The van der Waals surface area contributed by atoms with Crippen LogP contribution in [-0.2, 0) is 26.4 Å². The zero-order chi connectivity index (χ0) is 22.2. The molecule has 0 amide bonds. The van der Waals surface area contributed by atoms with Gasteiger partial charge < -0.3 is 9.84 Å². The molecule has 0 heterocycles. The number of methoxy groups -OCH3 is 1. The van der Waals surface area contributed by atoms with Gasteiger partial charge in [-0.25, -0.2) is 4.79 Å². The summed E-state index contributed by atoms with van der Waals surface area (Å²) in [5.74, 6) is -0.875. The third-order valence-electron chi connectivity index (χ3n) is 9.03. The molecule has 164 valence electrons. The lowest BCUT2D eigenvalue weighted by Crippen LogP contribution is -2.34. The SMILES string of the molecule is COC1CCC2(c3ccc4c(c3)C(C)(C)CCC4(C)C)CC12c1ccc(C(=O)O)cc1. The molecule has 3 aliphatic rings. The molecule has 3 heteroatoms. The molecular weight excluding hydrogens is 384 g/mol. The summed E-state index contributed by atoms with van der Waals surface area (Å²) in [6.07, 6.45) is 5.85. The third kappa shape index (κ3) is 2.72. The van der Waals surface area contributed by atoms with Gasteiger partial charge in [0.15, 0.2) is 0 Å². The van der Waals surface area contributed by atoms with Gasteiger partial charge in [0.25, 0.3) is 0 Å². The molecule has 2 saturated carbocycles. The van der Waals surface area contributed by atoms with Crippen LogP contribution in [0.3, 0.4) is 0 Å². The highest BCUT2D eigenvalue weighted by Gasteiger charge is 2.75. The first kappa shape index (κ1) is 20.8. The van der Waals surface area contributed by atoms with Crippen molar-refractivity contribution in [3.63, 3.8) is 0 Å². The molecule has 0 spiro atoms. The van der Waals surface area contributed by atoms with Crippen LogP contribution < -0.4 is 0 Å². The predicted octanol–water partition coefficient (Wildman–Crippen LogP) is 6.12. The van der Waals surface area contributed by atoms with Crippen LogP contribution in [-0.4, -0.2) is 24.3 Å². The average Bonchev–Trinajstić information content (AvgIpc) is 3.33. The third-order valence-corrected chi connectivity index (χ3v) is 9.03. The van der Waals surface area contributed by atoms with Crippen molar-refractivity contribution in [2.24, 2.45) is 0 Å². The lowest BCUT2D eigenvalue weighted by atomic mass is 9.62. The Morgan fingerprint density at radius 3 is 2.13 bits per heavy atom. The Balaban J connectivity index is 1.62. The number of hydrogen-bond donors (Lipinski definition) is 1. The first-order valence-corrected chi connectivity index (χ1v) is 11.6. The van der Waals surface area contributed by atoms with Crippen molar-refractivity contribution in [1.82, 2.24) is 0 Å². The van der Waals surface area contributed by atoms with E-state index >= 15 is 0 Å². The second kappa shape index (κ2) is 6.45. The van der Waals surface area contributed by atoms with E-state index in [1.54, 1.807) is 12.1 Å². The normalized spacial score (nSPS) is 32.2. The molecule has 1 N–H and O–H groups in total. The fourth-order valence-corrected chi connectivity index (χ4v) is 6.97. The van der Waals surface area contributed by atoms with Crippen LogP contribution >= 0.6 is 0 Å². The van der Waals surface area contributed by atoms with Crippen molar-refractivity contribution in [2.45, 2.75) is 87.6 Å². The fraction of sp³-hybridized carbons (Fsp3) is 0.536. The zero-order valence-corrected chi connectivity index (χ0v) is 19.4. The van der Waals surface area contributed by atoms with Crippen molar-refractivity contribution < 1.29 is 14.6 Å². The van der Waals surface area contributed by atoms with Gasteiger partial charge in [-0.3, -0.25) is 0 Å². The van der Waals surface area contributed by atoms with Crippen LogP contribution in [0.25, 0.3) is 0 Å². The minimum Gasteiger partial charge on any atom is -0.478 e. The molecule has 31 heavy (non-hydrogen) atoms. The van der Waals surface area contributed by atoms with Crippen LogP contribution in [0, 0.1) is 0 Å². The summed E-state index contributed by atoms with van der Waals surface area (Å²) < 4.78 is 6.02. The molecule has 2 aromatic rings. The van der Waals surface area contributed by atoms with E-state index in [4.69, 9.17) is 4.74 Å². The maximum Gasteiger partial charge on any atom is 0.335 e. The summed E-state index contributed by atoms with van der Waals surface area (Å²) in [6, 6.07) is 14.8. The number of carboxylic acids is 1. The topological polar surface area (TPSA) is 46.5 Å². The smallest absolute Gasteiger partial charge is 0.335 e. The molecule has 0 saturated heterocycles. The molecule has 0 radical (unpaired) electrons. The number of rotatable bonds is 4. The molecule has 3 nitrogen and oxygen atoms in total. The maximum atomic E-state index is 11.4. The monoisotopic (exact) mass is 418 g/mol. The number of fused-ring (bicyclic) bond motifs is 2. The van der Waals surface area contributed by atoms with Crippen molar-refractivity contribution >= 4 is 5.97 Å². The van der Waals surface area contributed by atoms with Gasteiger partial charge >= 0.3 is 5.97 Å².